The second kappa shape index (κ2) is 8.37. The average Bonchev–Trinajstić information content (AvgIpc) is 3.72. The monoisotopic (exact) mass is 548 g/mol. The highest BCUT2D eigenvalue weighted by molar-refractivity contribution is 6.28. The molecule has 0 aliphatic heterocycles. The smallest absolute Gasteiger partial charge is 0.137 e. The molecule has 0 saturated heterocycles. The largest absolute Gasteiger partial charge is 0.456 e. The Labute approximate surface area is 246 Å². The first kappa shape index (κ1) is 22.8. The van der Waals surface area contributed by atoms with Crippen LogP contribution in [0.3, 0.4) is 0 Å². The van der Waals surface area contributed by atoms with Gasteiger partial charge in [0.25, 0.3) is 0 Å². The summed E-state index contributed by atoms with van der Waals surface area (Å²) >= 11 is 0. The fraction of sp³-hybridized carbons (Fsp3) is 0. The molecule has 0 N–H and O–H groups in total. The third-order valence-corrected chi connectivity index (χ3v) is 9.09. The summed E-state index contributed by atoms with van der Waals surface area (Å²) in [6.45, 7) is 0. The summed E-state index contributed by atoms with van der Waals surface area (Å²) in [6.07, 6.45) is 0. The van der Waals surface area contributed by atoms with E-state index in [0.29, 0.717) is 0 Å². The van der Waals surface area contributed by atoms with Crippen LogP contribution < -0.4 is 0 Å². The molecule has 43 heavy (non-hydrogen) atoms. The van der Waals surface area contributed by atoms with Crippen LogP contribution in [0.1, 0.15) is 0 Å². The Morgan fingerprint density at radius 1 is 0.372 bits per heavy atom. The maximum Gasteiger partial charge on any atom is 0.137 e. The van der Waals surface area contributed by atoms with E-state index in [1.54, 1.807) is 0 Å². The van der Waals surface area contributed by atoms with Crippen molar-refractivity contribution in [2.75, 3.05) is 0 Å². The third-order valence-electron chi connectivity index (χ3n) is 9.09. The van der Waals surface area contributed by atoms with Crippen molar-refractivity contribution < 1.29 is 4.42 Å². The van der Waals surface area contributed by atoms with Crippen LogP contribution >= 0.6 is 0 Å². The molecule has 0 atom stereocenters. The van der Waals surface area contributed by atoms with Gasteiger partial charge in [-0.3, -0.25) is 0 Å². The zero-order valence-electron chi connectivity index (χ0n) is 23.2. The molecule has 10 aromatic rings. The second-order valence-corrected chi connectivity index (χ2v) is 11.3. The van der Waals surface area contributed by atoms with Crippen molar-refractivity contribution in [3.05, 3.63) is 146 Å². The SMILES string of the molecule is c1ccc(-n2c3ccccc3c3ccc4c5c6ccccc6ccc5n(-c5ccc6c(c5)oc5ccccc56)c4c32)cc1. The Kier molecular flexibility index (Phi) is 4.45. The normalized spacial score (nSPS) is 12.2. The first-order valence-corrected chi connectivity index (χ1v) is 14.7. The molecule has 0 aliphatic rings. The zero-order chi connectivity index (χ0) is 28.1. The second-order valence-electron chi connectivity index (χ2n) is 11.3. The molecule has 0 saturated carbocycles. The van der Waals surface area contributed by atoms with E-state index in [1.165, 1.54) is 54.4 Å². The van der Waals surface area contributed by atoms with Crippen molar-refractivity contribution in [2.24, 2.45) is 0 Å². The van der Waals surface area contributed by atoms with Crippen molar-refractivity contribution in [1.82, 2.24) is 9.13 Å². The molecule has 3 heterocycles. The van der Waals surface area contributed by atoms with Crippen LogP contribution in [-0.4, -0.2) is 9.13 Å². The van der Waals surface area contributed by atoms with Gasteiger partial charge in [-0.2, -0.15) is 0 Å². The van der Waals surface area contributed by atoms with Gasteiger partial charge in [-0.1, -0.05) is 97.1 Å². The van der Waals surface area contributed by atoms with Gasteiger partial charge in [-0.15, -0.1) is 0 Å². The number of fused-ring (bicyclic) bond motifs is 12. The Morgan fingerprint density at radius 3 is 1.93 bits per heavy atom. The van der Waals surface area contributed by atoms with Gasteiger partial charge < -0.3 is 13.6 Å². The number of hydrogen-bond donors (Lipinski definition) is 0. The van der Waals surface area contributed by atoms with Crippen LogP contribution in [-0.2, 0) is 0 Å². The number of rotatable bonds is 2. The van der Waals surface area contributed by atoms with Crippen LogP contribution in [0.4, 0.5) is 0 Å². The quantitative estimate of drug-likeness (QED) is 0.211. The molecular formula is C40H24N2O. The van der Waals surface area contributed by atoms with E-state index >= 15 is 0 Å². The van der Waals surface area contributed by atoms with Gasteiger partial charge >= 0.3 is 0 Å². The number of hydrogen-bond acceptors (Lipinski definition) is 1. The van der Waals surface area contributed by atoms with Gasteiger partial charge in [-0.25, -0.2) is 0 Å². The van der Waals surface area contributed by atoms with Gasteiger partial charge in [0.1, 0.15) is 11.2 Å². The number of furan rings is 1. The topological polar surface area (TPSA) is 23.0 Å². The average molecular weight is 549 g/mol. The summed E-state index contributed by atoms with van der Waals surface area (Å²) < 4.78 is 11.3. The molecule has 3 aromatic heterocycles. The minimum Gasteiger partial charge on any atom is -0.456 e. The predicted octanol–water partition coefficient (Wildman–Crippen LogP) is 10.9. The molecule has 10 rings (SSSR count). The summed E-state index contributed by atoms with van der Waals surface area (Å²) in [4.78, 5) is 0. The molecule has 0 aliphatic carbocycles. The minimum atomic E-state index is 0.894. The number of aromatic nitrogens is 2. The van der Waals surface area contributed by atoms with E-state index in [1.807, 2.05) is 12.1 Å². The highest BCUT2D eigenvalue weighted by Gasteiger charge is 2.22. The lowest BCUT2D eigenvalue weighted by Gasteiger charge is -2.12. The predicted molar refractivity (Wildman–Crippen MR) is 180 cm³/mol. The molecule has 3 nitrogen and oxygen atoms in total. The first-order valence-electron chi connectivity index (χ1n) is 14.7. The van der Waals surface area contributed by atoms with E-state index in [2.05, 4.69) is 143 Å². The van der Waals surface area contributed by atoms with Crippen LogP contribution in [0.2, 0.25) is 0 Å². The van der Waals surface area contributed by atoms with Crippen molar-refractivity contribution in [1.29, 1.82) is 0 Å². The Morgan fingerprint density at radius 2 is 1.02 bits per heavy atom. The fourth-order valence-electron chi connectivity index (χ4n) is 7.29. The lowest BCUT2D eigenvalue weighted by atomic mass is 10.0. The molecule has 3 heteroatoms. The molecule has 7 aromatic carbocycles. The van der Waals surface area contributed by atoms with Crippen LogP contribution in [0.15, 0.2) is 150 Å². The summed E-state index contributed by atoms with van der Waals surface area (Å²) in [5.74, 6) is 0. The molecule has 0 bridgehead atoms. The minimum absolute atomic E-state index is 0.894. The first-order chi connectivity index (χ1) is 21.3. The fourth-order valence-corrected chi connectivity index (χ4v) is 7.29. The van der Waals surface area contributed by atoms with Crippen molar-refractivity contribution in [3.8, 4) is 11.4 Å². The summed E-state index contributed by atoms with van der Waals surface area (Å²) in [5.41, 5.74) is 8.82. The van der Waals surface area contributed by atoms with Crippen LogP contribution in [0.25, 0.3) is 87.7 Å². The lowest BCUT2D eigenvalue weighted by molar-refractivity contribution is 0.668. The van der Waals surface area contributed by atoms with E-state index in [-0.39, 0.29) is 0 Å². The summed E-state index contributed by atoms with van der Waals surface area (Å²) in [7, 11) is 0. The van der Waals surface area contributed by atoms with Crippen molar-refractivity contribution in [2.45, 2.75) is 0 Å². The maximum absolute atomic E-state index is 6.40. The van der Waals surface area contributed by atoms with Crippen LogP contribution in [0, 0.1) is 0 Å². The standard InChI is InChI=1S/C40H24N2O/c1-2-11-26(12-3-1)41-34-16-8-6-14-29(34)32-21-22-33-38-28-13-5-4-10-25(28)18-23-35(38)42(40(33)39(32)41)27-19-20-31-30-15-7-9-17-36(30)43-37(31)24-27/h1-24H. The Hall–Kier alpha value is -5.80. The number of benzene rings is 7. The highest BCUT2D eigenvalue weighted by Crippen LogP contribution is 2.44. The maximum atomic E-state index is 6.40. The Balaban J connectivity index is 1.45. The molecule has 0 unspecified atom stereocenters. The zero-order valence-corrected chi connectivity index (χ0v) is 23.2. The van der Waals surface area contributed by atoms with E-state index in [9.17, 15) is 0 Å². The van der Waals surface area contributed by atoms with Gasteiger partial charge in [0.15, 0.2) is 0 Å². The summed E-state index contributed by atoms with van der Waals surface area (Å²) in [6, 6.07) is 52.3. The van der Waals surface area contributed by atoms with E-state index in [4.69, 9.17) is 4.42 Å². The van der Waals surface area contributed by atoms with Gasteiger partial charge in [-0.05, 0) is 53.2 Å². The molecule has 0 amide bonds. The van der Waals surface area contributed by atoms with Crippen molar-refractivity contribution in [3.63, 3.8) is 0 Å². The highest BCUT2D eigenvalue weighted by atomic mass is 16.3. The van der Waals surface area contributed by atoms with E-state index in [0.717, 1.165) is 33.3 Å². The van der Waals surface area contributed by atoms with Gasteiger partial charge in [0.05, 0.1) is 27.8 Å². The van der Waals surface area contributed by atoms with Gasteiger partial charge in [0, 0.05) is 44.1 Å². The lowest BCUT2D eigenvalue weighted by Crippen LogP contribution is -1.98. The molecular weight excluding hydrogens is 524 g/mol. The van der Waals surface area contributed by atoms with Gasteiger partial charge in [0.2, 0.25) is 0 Å². The molecule has 200 valence electrons. The number of nitrogens with zero attached hydrogens (tertiary/aromatic N) is 2. The molecule has 0 fully saturated rings. The summed E-state index contributed by atoms with van der Waals surface area (Å²) in [5, 5.41) is 9.77. The number of para-hydroxylation sites is 3. The van der Waals surface area contributed by atoms with E-state index < -0.39 is 0 Å². The Bertz CT molecular complexity index is 2720. The van der Waals surface area contributed by atoms with Crippen LogP contribution in [0.5, 0.6) is 0 Å². The molecule has 0 spiro atoms. The third kappa shape index (κ3) is 3.03. The van der Waals surface area contributed by atoms with Crippen molar-refractivity contribution >= 4 is 76.3 Å². The molecule has 0 radical (unpaired) electrons.